The summed E-state index contributed by atoms with van der Waals surface area (Å²) in [4.78, 5) is 12.5. The van der Waals surface area contributed by atoms with Gasteiger partial charge in [0.15, 0.2) is 0 Å². The van der Waals surface area contributed by atoms with Gasteiger partial charge in [0.05, 0.1) is 13.2 Å². The van der Waals surface area contributed by atoms with Crippen LogP contribution in [0.4, 0.5) is 0 Å². The number of thiophene rings is 1. The molecule has 1 aromatic carbocycles. The summed E-state index contributed by atoms with van der Waals surface area (Å²) in [5.74, 6) is 0.240. The first-order valence-electron chi connectivity index (χ1n) is 9.09. The molecule has 0 aliphatic heterocycles. The molecule has 3 rings (SSSR count). The zero-order valence-electron chi connectivity index (χ0n) is 15.0. The number of aryl methyl sites for hydroxylation is 1. The maximum atomic E-state index is 11.0. The van der Waals surface area contributed by atoms with Crippen LogP contribution in [0.2, 0.25) is 5.02 Å². The van der Waals surface area contributed by atoms with Crippen molar-refractivity contribution in [2.45, 2.75) is 38.7 Å². The van der Waals surface area contributed by atoms with Gasteiger partial charge in [0, 0.05) is 15.8 Å². The van der Waals surface area contributed by atoms with E-state index in [9.17, 15) is 9.90 Å². The number of hydrogen-bond donors (Lipinski definition) is 2. The van der Waals surface area contributed by atoms with E-state index in [4.69, 9.17) is 21.4 Å². The van der Waals surface area contributed by atoms with E-state index in [1.807, 2.05) is 12.1 Å². The summed E-state index contributed by atoms with van der Waals surface area (Å²) in [5, 5.41) is 18.8. The molecule has 0 saturated heterocycles. The number of aliphatic hydroxyl groups is 1. The molecule has 1 aliphatic carbocycles. The molecule has 27 heavy (non-hydrogen) atoms. The maximum Gasteiger partial charge on any atom is 0.345 e. The fourth-order valence-electron chi connectivity index (χ4n) is 3.40. The highest BCUT2D eigenvalue weighted by molar-refractivity contribution is 7.13. The average Bonchev–Trinajstić information content (AvgIpc) is 3.29. The first-order valence-corrected chi connectivity index (χ1v) is 10.3. The molecule has 2 aromatic rings. The van der Waals surface area contributed by atoms with E-state index in [2.05, 4.69) is 6.08 Å². The smallest absolute Gasteiger partial charge is 0.345 e. The van der Waals surface area contributed by atoms with Crippen LogP contribution in [0.25, 0.3) is 0 Å². The Labute approximate surface area is 168 Å². The van der Waals surface area contributed by atoms with Gasteiger partial charge in [0.1, 0.15) is 10.6 Å². The van der Waals surface area contributed by atoms with E-state index in [1.54, 1.807) is 18.2 Å². The van der Waals surface area contributed by atoms with E-state index >= 15 is 0 Å². The minimum absolute atomic E-state index is 0.0577. The Balaban J connectivity index is 1.48. The number of aliphatic hydroxyl groups excluding tert-OH is 1. The monoisotopic (exact) mass is 406 g/mol. The van der Waals surface area contributed by atoms with Crippen LogP contribution in [0.5, 0.6) is 5.75 Å². The van der Waals surface area contributed by atoms with Crippen molar-refractivity contribution < 1.29 is 19.7 Å². The van der Waals surface area contributed by atoms with Gasteiger partial charge in [-0.3, -0.25) is 0 Å². The van der Waals surface area contributed by atoms with Crippen LogP contribution < -0.4 is 4.74 Å². The van der Waals surface area contributed by atoms with E-state index in [1.165, 1.54) is 16.9 Å². The molecule has 0 saturated carbocycles. The molecular weight excluding hydrogens is 384 g/mol. The fourth-order valence-corrected chi connectivity index (χ4v) is 4.54. The topological polar surface area (TPSA) is 66.8 Å². The third-order valence-corrected chi connectivity index (χ3v) is 6.12. The van der Waals surface area contributed by atoms with Crippen LogP contribution in [0.3, 0.4) is 0 Å². The molecule has 6 heteroatoms. The van der Waals surface area contributed by atoms with Gasteiger partial charge < -0.3 is 14.9 Å². The van der Waals surface area contributed by atoms with Crippen molar-refractivity contribution in [3.63, 3.8) is 0 Å². The Morgan fingerprint density at radius 2 is 2.11 bits per heavy atom. The van der Waals surface area contributed by atoms with Gasteiger partial charge in [-0.05, 0) is 68.0 Å². The van der Waals surface area contributed by atoms with Crippen molar-refractivity contribution in [1.82, 2.24) is 0 Å². The number of ether oxygens (including phenoxy) is 1. The number of carboxylic acid groups (broad SMARTS) is 1. The number of aromatic carboxylic acids is 1. The highest BCUT2D eigenvalue weighted by Crippen LogP contribution is 2.31. The molecule has 1 aromatic heterocycles. The molecule has 2 N–H and O–H groups in total. The van der Waals surface area contributed by atoms with Gasteiger partial charge in [-0.1, -0.05) is 23.3 Å². The highest BCUT2D eigenvalue weighted by atomic mass is 35.5. The number of allylic oxidation sites excluding steroid dienone is 1. The Bertz CT molecular complexity index is 827. The Morgan fingerprint density at radius 1 is 1.26 bits per heavy atom. The Kier molecular flexibility index (Phi) is 6.94. The predicted molar refractivity (Wildman–Crippen MR) is 108 cm³/mol. The minimum atomic E-state index is -0.854. The quantitative estimate of drug-likeness (QED) is 0.552. The first-order chi connectivity index (χ1) is 13.0. The number of hydrogen-bond acceptors (Lipinski definition) is 4. The summed E-state index contributed by atoms with van der Waals surface area (Å²) in [6.45, 7) is 0.553. The molecule has 0 bridgehead atoms. The summed E-state index contributed by atoms with van der Waals surface area (Å²) in [7, 11) is 0. The van der Waals surface area contributed by atoms with Crippen LogP contribution in [-0.4, -0.2) is 22.8 Å². The summed E-state index contributed by atoms with van der Waals surface area (Å²) >= 11 is 7.42. The van der Waals surface area contributed by atoms with Crippen molar-refractivity contribution in [2.75, 3.05) is 6.61 Å². The lowest BCUT2D eigenvalue weighted by atomic mass is 9.97. The van der Waals surface area contributed by atoms with Gasteiger partial charge in [-0.15, -0.1) is 11.3 Å². The summed E-state index contributed by atoms with van der Waals surface area (Å²) in [6, 6.07) is 8.92. The lowest BCUT2D eigenvalue weighted by molar-refractivity contribution is 0.0702. The van der Waals surface area contributed by atoms with Crippen molar-refractivity contribution in [3.05, 3.63) is 62.3 Å². The molecule has 0 radical (unpaired) electrons. The Morgan fingerprint density at radius 3 is 2.85 bits per heavy atom. The lowest BCUT2D eigenvalue weighted by Crippen LogP contribution is -2.12. The fraction of sp³-hybridized carbons (Fsp3) is 0.381. The first kappa shape index (κ1) is 19.9. The van der Waals surface area contributed by atoms with Crippen molar-refractivity contribution in [2.24, 2.45) is 5.92 Å². The van der Waals surface area contributed by atoms with Gasteiger partial charge >= 0.3 is 5.97 Å². The van der Waals surface area contributed by atoms with Crippen LogP contribution in [-0.2, 0) is 13.0 Å². The molecular formula is C21H23ClO4S. The Hall–Kier alpha value is -1.82. The molecule has 144 valence electrons. The average molecular weight is 407 g/mol. The number of carbonyl (C=O) groups is 1. The predicted octanol–water partition coefficient (Wildman–Crippen LogP) is 5.33. The zero-order valence-corrected chi connectivity index (χ0v) is 16.6. The molecule has 1 atom stereocenters. The third kappa shape index (κ3) is 5.58. The zero-order chi connectivity index (χ0) is 19.2. The highest BCUT2D eigenvalue weighted by Gasteiger charge is 2.20. The van der Waals surface area contributed by atoms with E-state index in [0.717, 1.165) is 42.5 Å². The molecule has 1 heterocycles. The number of halogens is 1. The van der Waals surface area contributed by atoms with E-state index < -0.39 is 5.97 Å². The van der Waals surface area contributed by atoms with Gasteiger partial charge in [0.25, 0.3) is 0 Å². The lowest BCUT2D eigenvalue weighted by Gasteiger charge is -2.17. The second-order valence-corrected chi connectivity index (χ2v) is 8.35. The second-order valence-electron chi connectivity index (χ2n) is 6.74. The normalized spacial score (nSPS) is 16.4. The van der Waals surface area contributed by atoms with Crippen LogP contribution >= 0.6 is 22.9 Å². The van der Waals surface area contributed by atoms with Crippen LogP contribution in [0.1, 0.15) is 45.8 Å². The second kappa shape index (κ2) is 9.40. The summed E-state index contributed by atoms with van der Waals surface area (Å²) in [6.07, 6.45) is 7.38. The largest absolute Gasteiger partial charge is 0.493 e. The molecule has 1 aliphatic rings. The number of benzene rings is 1. The standard InChI is InChI=1S/C21H23ClO4S/c22-17-9-14(12-23)10-18(11-17)26-13-16-5-1-3-15(16)4-2-6-19-7-8-20(27-19)21(24)25/h3,7-11,16,23H,1-2,4-6,12-13H2,(H,24,25)/t16-/m1/s1. The van der Waals surface area contributed by atoms with Gasteiger partial charge in [-0.2, -0.15) is 0 Å². The van der Waals surface area contributed by atoms with E-state index in [-0.39, 0.29) is 6.61 Å². The van der Waals surface area contributed by atoms with Crippen LogP contribution in [0.15, 0.2) is 42.0 Å². The molecule has 0 amide bonds. The molecule has 0 fully saturated rings. The van der Waals surface area contributed by atoms with E-state index in [0.29, 0.717) is 28.2 Å². The summed E-state index contributed by atoms with van der Waals surface area (Å²) < 4.78 is 5.94. The van der Waals surface area contributed by atoms with Gasteiger partial charge in [-0.25, -0.2) is 4.79 Å². The number of carboxylic acids is 1. The molecule has 0 unspecified atom stereocenters. The molecule has 0 spiro atoms. The minimum Gasteiger partial charge on any atom is -0.493 e. The van der Waals surface area contributed by atoms with Crippen LogP contribution in [0, 0.1) is 5.92 Å². The maximum absolute atomic E-state index is 11.0. The van der Waals surface area contributed by atoms with Crippen molar-refractivity contribution in [1.29, 1.82) is 0 Å². The SMILES string of the molecule is O=C(O)c1ccc(CCCC2=CCC[C@@H]2COc2cc(Cl)cc(CO)c2)s1. The van der Waals surface area contributed by atoms with Crippen molar-refractivity contribution >= 4 is 28.9 Å². The third-order valence-electron chi connectivity index (χ3n) is 4.77. The van der Waals surface area contributed by atoms with Gasteiger partial charge in [0.2, 0.25) is 0 Å². The van der Waals surface area contributed by atoms with Crippen molar-refractivity contribution in [3.8, 4) is 5.75 Å². The summed E-state index contributed by atoms with van der Waals surface area (Å²) in [5.41, 5.74) is 2.17. The molecule has 4 nitrogen and oxygen atoms in total. The number of rotatable bonds is 9.